The van der Waals surface area contributed by atoms with Crippen LogP contribution >= 0.6 is 11.3 Å². The van der Waals surface area contributed by atoms with Crippen LogP contribution in [-0.4, -0.2) is 15.9 Å². The number of nitrogens with one attached hydrogen (secondary N) is 2. The van der Waals surface area contributed by atoms with Crippen molar-refractivity contribution < 1.29 is 4.79 Å². The van der Waals surface area contributed by atoms with Crippen molar-refractivity contribution in [3.63, 3.8) is 0 Å². The molecule has 2 rings (SSSR count). The average Bonchev–Trinajstić information content (AvgIpc) is 2.83. The lowest BCUT2D eigenvalue weighted by molar-refractivity contribution is 0.102. The summed E-state index contributed by atoms with van der Waals surface area (Å²) in [4.78, 5) is 21.5. The lowest BCUT2D eigenvalue weighted by Gasteiger charge is -2.07. The van der Waals surface area contributed by atoms with E-state index in [1.807, 2.05) is 13.8 Å². The predicted octanol–water partition coefficient (Wildman–Crippen LogP) is 1.95. The molecule has 0 aliphatic heterocycles. The Bertz CT molecular complexity index is 573. The van der Waals surface area contributed by atoms with Gasteiger partial charge in [-0.05, 0) is 25.5 Å². The van der Waals surface area contributed by atoms with Gasteiger partial charge < -0.3 is 5.43 Å². The highest BCUT2D eigenvalue weighted by Gasteiger charge is 2.11. The molecule has 4 N–H and O–H groups in total. The summed E-state index contributed by atoms with van der Waals surface area (Å²) in [5.74, 6) is 5.60. The maximum atomic E-state index is 12.1. The smallest absolute Gasteiger partial charge is 0.257 e. The van der Waals surface area contributed by atoms with Gasteiger partial charge in [-0.3, -0.25) is 10.1 Å². The van der Waals surface area contributed by atoms with Crippen molar-refractivity contribution in [2.75, 3.05) is 10.7 Å². The standard InChI is InChI=1S/C12H15N5OS/c1-3-9-4-8(5-10(15-9)17-13)11(18)16-12-14-6-7(2)19-12/h4-6H,3,13H2,1-2H3,(H,15,17)(H,14,16,18). The first kappa shape index (κ1) is 13.4. The van der Waals surface area contributed by atoms with Crippen LogP contribution < -0.4 is 16.6 Å². The number of nitrogen functional groups attached to an aromatic ring is 1. The Balaban J connectivity index is 2.22. The van der Waals surface area contributed by atoms with E-state index in [0.717, 1.165) is 17.0 Å². The van der Waals surface area contributed by atoms with E-state index in [-0.39, 0.29) is 5.91 Å². The number of rotatable bonds is 4. The summed E-state index contributed by atoms with van der Waals surface area (Å²) in [5, 5.41) is 3.34. The second-order valence-corrected chi connectivity index (χ2v) is 5.20. The number of hydrogen-bond acceptors (Lipinski definition) is 6. The molecule has 1 amide bonds. The topological polar surface area (TPSA) is 92.9 Å². The molecule has 7 heteroatoms. The summed E-state index contributed by atoms with van der Waals surface area (Å²) in [6.07, 6.45) is 2.45. The Morgan fingerprint density at radius 3 is 2.84 bits per heavy atom. The molecule has 19 heavy (non-hydrogen) atoms. The lowest BCUT2D eigenvalue weighted by atomic mass is 10.2. The van der Waals surface area contributed by atoms with Gasteiger partial charge >= 0.3 is 0 Å². The van der Waals surface area contributed by atoms with Crippen LogP contribution in [0.2, 0.25) is 0 Å². The average molecular weight is 277 g/mol. The number of carbonyl (C=O) groups excluding carboxylic acids is 1. The number of nitrogens with zero attached hydrogens (tertiary/aromatic N) is 2. The van der Waals surface area contributed by atoms with Crippen molar-refractivity contribution in [1.82, 2.24) is 9.97 Å². The fraction of sp³-hybridized carbons (Fsp3) is 0.250. The summed E-state index contributed by atoms with van der Waals surface area (Å²) in [6.45, 7) is 3.90. The van der Waals surface area contributed by atoms with Crippen LogP contribution in [0.4, 0.5) is 10.9 Å². The van der Waals surface area contributed by atoms with Gasteiger partial charge in [0.15, 0.2) is 5.13 Å². The van der Waals surface area contributed by atoms with E-state index >= 15 is 0 Å². The van der Waals surface area contributed by atoms with E-state index in [9.17, 15) is 4.79 Å². The molecule has 0 fully saturated rings. The normalized spacial score (nSPS) is 10.3. The third-order valence-electron chi connectivity index (χ3n) is 2.49. The molecule has 100 valence electrons. The summed E-state index contributed by atoms with van der Waals surface area (Å²) in [7, 11) is 0. The Labute approximate surface area is 115 Å². The summed E-state index contributed by atoms with van der Waals surface area (Å²) < 4.78 is 0. The maximum Gasteiger partial charge on any atom is 0.257 e. The van der Waals surface area contributed by atoms with Crippen LogP contribution in [0.5, 0.6) is 0 Å². The van der Waals surface area contributed by atoms with Crippen LogP contribution in [0.15, 0.2) is 18.3 Å². The van der Waals surface area contributed by atoms with E-state index < -0.39 is 0 Å². The molecule has 2 aromatic heterocycles. The number of pyridine rings is 1. The Hall–Kier alpha value is -1.99. The highest BCUT2D eigenvalue weighted by molar-refractivity contribution is 7.15. The number of nitrogens with two attached hydrogens (primary N) is 1. The first-order valence-corrected chi connectivity index (χ1v) is 6.65. The minimum atomic E-state index is -0.219. The fourth-order valence-electron chi connectivity index (χ4n) is 1.56. The first-order chi connectivity index (χ1) is 9.12. The molecule has 0 spiro atoms. The van der Waals surface area contributed by atoms with Gasteiger partial charge in [0.05, 0.1) is 0 Å². The monoisotopic (exact) mass is 277 g/mol. The number of thiazole rings is 1. The van der Waals surface area contributed by atoms with Crippen LogP contribution in [0, 0.1) is 6.92 Å². The molecule has 0 saturated carbocycles. The molecule has 0 unspecified atom stereocenters. The van der Waals surface area contributed by atoms with Gasteiger partial charge in [-0.1, -0.05) is 6.92 Å². The summed E-state index contributed by atoms with van der Waals surface area (Å²) in [5.41, 5.74) is 3.77. The number of hydrazine groups is 1. The van der Waals surface area contributed by atoms with Gasteiger partial charge in [0, 0.05) is 22.3 Å². The summed E-state index contributed by atoms with van der Waals surface area (Å²) >= 11 is 1.43. The van der Waals surface area contributed by atoms with Crippen molar-refractivity contribution in [3.05, 3.63) is 34.5 Å². The van der Waals surface area contributed by atoms with Crippen LogP contribution in [0.25, 0.3) is 0 Å². The Morgan fingerprint density at radius 1 is 1.47 bits per heavy atom. The Morgan fingerprint density at radius 2 is 2.26 bits per heavy atom. The first-order valence-electron chi connectivity index (χ1n) is 5.83. The Kier molecular flexibility index (Phi) is 4.08. The predicted molar refractivity (Wildman–Crippen MR) is 76.2 cm³/mol. The van der Waals surface area contributed by atoms with Crippen molar-refractivity contribution in [2.24, 2.45) is 5.84 Å². The molecular formula is C12H15N5OS. The van der Waals surface area contributed by atoms with E-state index in [1.54, 1.807) is 18.3 Å². The van der Waals surface area contributed by atoms with Crippen molar-refractivity contribution in [2.45, 2.75) is 20.3 Å². The van der Waals surface area contributed by atoms with E-state index in [4.69, 9.17) is 5.84 Å². The number of hydrogen-bond donors (Lipinski definition) is 3. The molecule has 0 saturated heterocycles. The van der Waals surface area contributed by atoms with Crippen molar-refractivity contribution >= 4 is 28.2 Å². The van der Waals surface area contributed by atoms with E-state index in [1.165, 1.54) is 11.3 Å². The quantitative estimate of drug-likeness (QED) is 0.586. The highest BCUT2D eigenvalue weighted by Crippen LogP contribution is 2.18. The number of aryl methyl sites for hydroxylation is 2. The highest BCUT2D eigenvalue weighted by atomic mass is 32.1. The zero-order chi connectivity index (χ0) is 13.8. The number of amides is 1. The summed E-state index contributed by atoms with van der Waals surface area (Å²) in [6, 6.07) is 3.35. The van der Waals surface area contributed by atoms with Crippen LogP contribution in [0.3, 0.4) is 0 Å². The number of carbonyl (C=O) groups is 1. The second kappa shape index (κ2) is 5.77. The van der Waals surface area contributed by atoms with Gasteiger partial charge in [-0.2, -0.15) is 0 Å². The molecule has 2 heterocycles. The molecule has 0 aliphatic rings. The number of aromatic nitrogens is 2. The SMILES string of the molecule is CCc1cc(C(=O)Nc2ncc(C)s2)cc(NN)n1. The van der Waals surface area contributed by atoms with E-state index in [0.29, 0.717) is 16.5 Å². The molecular weight excluding hydrogens is 262 g/mol. The molecule has 0 bridgehead atoms. The maximum absolute atomic E-state index is 12.1. The molecule has 0 atom stereocenters. The molecule has 0 aromatic carbocycles. The minimum absolute atomic E-state index is 0.219. The molecule has 0 radical (unpaired) electrons. The van der Waals surface area contributed by atoms with Crippen LogP contribution in [0.1, 0.15) is 27.9 Å². The van der Waals surface area contributed by atoms with E-state index in [2.05, 4.69) is 20.7 Å². The van der Waals surface area contributed by atoms with Gasteiger partial charge in [0.25, 0.3) is 5.91 Å². The van der Waals surface area contributed by atoms with Crippen LogP contribution in [-0.2, 0) is 6.42 Å². The van der Waals surface area contributed by atoms with Gasteiger partial charge in [0.1, 0.15) is 5.82 Å². The largest absolute Gasteiger partial charge is 0.308 e. The molecule has 6 nitrogen and oxygen atoms in total. The third-order valence-corrected chi connectivity index (χ3v) is 3.32. The minimum Gasteiger partial charge on any atom is -0.308 e. The van der Waals surface area contributed by atoms with Crippen molar-refractivity contribution in [1.29, 1.82) is 0 Å². The number of anilines is 2. The van der Waals surface area contributed by atoms with Gasteiger partial charge in [-0.25, -0.2) is 15.8 Å². The zero-order valence-electron chi connectivity index (χ0n) is 10.7. The van der Waals surface area contributed by atoms with Gasteiger partial charge in [0.2, 0.25) is 0 Å². The second-order valence-electron chi connectivity index (χ2n) is 3.96. The fourth-order valence-corrected chi connectivity index (χ4v) is 2.22. The van der Waals surface area contributed by atoms with Crippen molar-refractivity contribution in [3.8, 4) is 0 Å². The third kappa shape index (κ3) is 3.27. The molecule has 2 aromatic rings. The molecule has 0 aliphatic carbocycles. The zero-order valence-corrected chi connectivity index (χ0v) is 11.5. The lowest BCUT2D eigenvalue weighted by Crippen LogP contribution is -2.15. The van der Waals surface area contributed by atoms with Gasteiger partial charge in [-0.15, -0.1) is 11.3 Å².